The van der Waals surface area contributed by atoms with Gasteiger partial charge in [-0.15, -0.1) is 6.58 Å². The highest BCUT2D eigenvalue weighted by Gasteiger charge is 2.29. The molecule has 0 aliphatic carbocycles. The molecule has 1 unspecified atom stereocenters. The monoisotopic (exact) mass is 447 g/mol. The van der Waals surface area contributed by atoms with E-state index in [2.05, 4.69) is 34.4 Å². The lowest BCUT2D eigenvalue weighted by Gasteiger charge is -2.37. The average molecular weight is 448 g/mol. The third-order valence-corrected chi connectivity index (χ3v) is 7.18. The zero-order valence-electron chi connectivity index (χ0n) is 17.9. The van der Waals surface area contributed by atoms with Crippen LogP contribution in [0.4, 0.5) is 5.69 Å². The fourth-order valence-corrected chi connectivity index (χ4v) is 4.94. The van der Waals surface area contributed by atoms with Crippen LogP contribution in [0.5, 0.6) is 0 Å². The first-order valence-electron chi connectivity index (χ1n) is 10.7. The lowest BCUT2D eigenvalue weighted by atomic mass is 9.91. The molecule has 4 aromatic rings. The second-order valence-corrected chi connectivity index (χ2v) is 9.36. The van der Waals surface area contributed by atoms with Crippen molar-refractivity contribution >= 4 is 27.2 Å². The largest absolute Gasteiger partial charge is 0.386 e. The Hall–Kier alpha value is -3.23. The molecule has 8 heteroatoms. The van der Waals surface area contributed by atoms with Gasteiger partial charge in [0.05, 0.1) is 33.4 Å². The van der Waals surface area contributed by atoms with Gasteiger partial charge in [-0.25, -0.2) is 9.67 Å². The van der Waals surface area contributed by atoms with Crippen LogP contribution in [0.15, 0.2) is 66.2 Å². The first-order valence-corrected chi connectivity index (χ1v) is 11.5. The minimum Gasteiger partial charge on any atom is -0.386 e. The number of aromatic amines is 1. The maximum atomic E-state index is 11.6. The van der Waals surface area contributed by atoms with Crippen LogP contribution in [0.2, 0.25) is 0 Å². The van der Waals surface area contributed by atoms with E-state index in [0.717, 1.165) is 46.1 Å². The molecule has 4 heterocycles. The van der Waals surface area contributed by atoms with E-state index in [-0.39, 0.29) is 10.8 Å². The van der Waals surface area contributed by atoms with E-state index < -0.39 is 5.60 Å². The maximum Gasteiger partial charge on any atom is 0.305 e. The summed E-state index contributed by atoms with van der Waals surface area (Å²) in [6, 6.07) is 12.1. The van der Waals surface area contributed by atoms with Crippen molar-refractivity contribution in [3.8, 4) is 5.82 Å². The van der Waals surface area contributed by atoms with Gasteiger partial charge >= 0.3 is 4.87 Å². The quantitative estimate of drug-likeness (QED) is 0.454. The number of anilines is 1. The van der Waals surface area contributed by atoms with E-state index in [0.29, 0.717) is 12.8 Å². The van der Waals surface area contributed by atoms with E-state index in [9.17, 15) is 9.90 Å². The Morgan fingerprint density at radius 2 is 2.06 bits per heavy atom. The van der Waals surface area contributed by atoms with Gasteiger partial charge in [-0.05, 0) is 48.7 Å². The smallest absolute Gasteiger partial charge is 0.305 e. The molecular formula is C24H25N5O2S. The molecular weight excluding hydrogens is 422 g/mol. The highest BCUT2D eigenvalue weighted by atomic mass is 32.1. The van der Waals surface area contributed by atoms with Gasteiger partial charge in [-0.3, -0.25) is 4.79 Å². The van der Waals surface area contributed by atoms with Gasteiger partial charge in [0.2, 0.25) is 0 Å². The number of piperidine rings is 1. The number of aliphatic hydroxyl groups is 1. The molecule has 0 radical (unpaired) electrons. The third kappa shape index (κ3) is 3.87. The summed E-state index contributed by atoms with van der Waals surface area (Å²) in [6.07, 6.45) is 6.78. The van der Waals surface area contributed by atoms with Crippen LogP contribution < -0.4 is 9.77 Å². The summed E-state index contributed by atoms with van der Waals surface area (Å²) in [5.41, 5.74) is 3.21. The molecule has 1 aromatic carbocycles. The molecule has 0 saturated carbocycles. The fraction of sp³-hybridized carbons (Fsp3) is 0.292. The van der Waals surface area contributed by atoms with Crippen molar-refractivity contribution < 1.29 is 5.11 Å². The van der Waals surface area contributed by atoms with Crippen molar-refractivity contribution in [3.63, 3.8) is 0 Å². The fourth-order valence-electron chi connectivity index (χ4n) is 4.16. The molecule has 3 aromatic heterocycles. The predicted molar refractivity (Wildman–Crippen MR) is 128 cm³/mol. The number of thiazole rings is 1. The van der Waals surface area contributed by atoms with Gasteiger partial charge in [-0.1, -0.05) is 30.4 Å². The number of fused-ring (bicyclic) bond motifs is 1. The molecule has 0 amide bonds. The van der Waals surface area contributed by atoms with Gasteiger partial charge in [0.25, 0.3) is 0 Å². The summed E-state index contributed by atoms with van der Waals surface area (Å²) >= 11 is 1.23. The highest BCUT2D eigenvalue weighted by Crippen LogP contribution is 2.28. The normalized spacial score (nSPS) is 16.9. The number of hydrogen-bond donors (Lipinski definition) is 2. The van der Waals surface area contributed by atoms with Gasteiger partial charge in [0, 0.05) is 25.2 Å². The molecule has 1 aliphatic heterocycles. The summed E-state index contributed by atoms with van der Waals surface area (Å²) < 4.78 is 2.75. The van der Waals surface area contributed by atoms with Gasteiger partial charge < -0.3 is 15.0 Å². The average Bonchev–Trinajstić information content (AvgIpc) is 3.45. The van der Waals surface area contributed by atoms with E-state index >= 15 is 0 Å². The molecule has 1 atom stereocenters. The Bertz CT molecular complexity index is 1310. The third-order valence-electron chi connectivity index (χ3n) is 6.34. The molecule has 7 nitrogen and oxygen atoms in total. The molecule has 2 N–H and O–H groups in total. The van der Waals surface area contributed by atoms with Crippen LogP contribution in [0.25, 0.3) is 16.0 Å². The van der Waals surface area contributed by atoms with Crippen LogP contribution in [-0.4, -0.2) is 43.5 Å². The second kappa shape index (κ2) is 8.03. The Morgan fingerprint density at radius 3 is 2.78 bits per heavy atom. The van der Waals surface area contributed by atoms with Gasteiger partial charge in [-0.2, -0.15) is 5.10 Å². The van der Waals surface area contributed by atoms with Crippen molar-refractivity contribution in [1.29, 1.82) is 0 Å². The predicted octanol–water partition coefficient (Wildman–Crippen LogP) is 3.84. The molecule has 1 saturated heterocycles. The van der Waals surface area contributed by atoms with E-state index in [1.807, 2.05) is 42.7 Å². The van der Waals surface area contributed by atoms with Crippen molar-refractivity contribution in [3.05, 3.63) is 82.4 Å². The number of hydrogen-bond acceptors (Lipinski definition) is 6. The van der Waals surface area contributed by atoms with E-state index in [1.165, 1.54) is 11.3 Å². The zero-order chi connectivity index (χ0) is 22.3. The SMILES string of the molecule is C=CC1(O)CCN(c2ccc(-n3ccc(C(C)c4ccc5[nH]c(=O)sc5c4)n3)nc2)CC1. The first-order chi connectivity index (χ1) is 15.4. The van der Waals surface area contributed by atoms with Crippen molar-refractivity contribution in [1.82, 2.24) is 19.7 Å². The Balaban J connectivity index is 1.31. The lowest BCUT2D eigenvalue weighted by molar-refractivity contribution is 0.0650. The van der Waals surface area contributed by atoms with Gasteiger partial charge in [0.1, 0.15) is 0 Å². The van der Waals surface area contributed by atoms with Crippen molar-refractivity contribution in [2.45, 2.75) is 31.3 Å². The van der Waals surface area contributed by atoms with E-state index in [4.69, 9.17) is 5.10 Å². The van der Waals surface area contributed by atoms with Crippen LogP contribution >= 0.6 is 11.3 Å². The minimum atomic E-state index is -0.754. The number of benzene rings is 1. The topological polar surface area (TPSA) is 87.0 Å². The number of H-pyrrole nitrogens is 1. The molecule has 1 aliphatic rings. The molecule has 0 bridgehead atoms. The van der Waals surface area contributed by atoms with Crippen LogP contribution in [0, 0.1) is 0 Å². The Kier molecular flexibility index (Phi) is 5.19. The van der Waals surface area contributed by atoms with Crippen LogP contribution in [0.1, 0.15) is 36.9 Å². The minimum absolute atomic E-state index is 0.0375. The van der Waals surface area contributed by atoms with Crippen LogP contribution in [0.3, 0.4) is 0 Å². The lowest BCUT2D eigenvalue weighted by Crippen LogP contribution is -2.43. The molecule has 1 fully saturated rings. The van der Waals surface area contributed by atoms with Crippen molar-refractivity contribution in [2.24, 2.45) is 0 Å². The van der Waals surface area contributed by atoms with Crippen LogP contribution in [-0.2, 0) is 0 Å². The zero-order valence-corrected chi connectivity index (χ0v) is 18.7. The molecule has 32 heavy (non-hydrogen) atoms. The van der Waals surface area contributed by atoms with E-state index in [1.54, 1.807) is 10.8 Å². The Morgan fingerprint density at radius 1 is 1.25 bits per heavy atom. The molecule has 0 spiro atoms. The molecule has 164 valence electrons. The second-order valence-electron chi connectivity index (χ2n) is 8.35. The number of nitrogens with one attached hydrogen (secondary N) is 1. The highest BCUT2D eigenvalue weighted by molar-refractivity contribution is 7.16. The summed E-state index contributed by atoms with van der Waals surface area (Å²) in [5, 5.41) is 15.1. The summed E-state index contributed by atoms with van der Waals surface area (Å²) in [5.74, 6) is 0.847. The van der Waals surface area contributed by atoms with Crippen molar-refractivity contribution in [2.75, 3.05) is 18.0 Å². The Labute approximate surface area is 189 Å². The molecule has 5 rings (SSSR count). The summed E-state index contributed by atoms with van der Waals surface area (Å²) in [4.78, 5) is 21.2. The summed E-state index contributed by atoms with van der Waals surface area (Å²) in [7, 11) is 0. The number of rotatable bonds is 5. The van der Waals surface area contributed by atoms with Gasteiger partial charge in [0.15, 0.2) is 5.82 Å². The maximum absolute atomic E-state index is 11.6. The number of pyridine rings is 1. The number of nitrogens with zero attached hydrogens (tertiary/aromatic N) is 4. The number of aromatic nitrogens is 4. The summed E-state index contributed by atoms with van der Waals surface area (Å²) in [6.45, 7) is 7.40. The first kappa shape index (κ1) is 20.7. The standard InChI is InChI=1S/C24H25N5O2S/c1-3-24(31)9-12-28(13-10-24)18-5-7-22(25-15-18)29-11-8-19(27-29)16(2)17-4-6-20-21(14-17)32-23(30)26-20/h3-8,11,14-16,31H,1,9-10,12-13H2,2H3,(H,26,30).